The molecule has 0 bridgehead atoms. The van der Waals surface area contributed by atoms with Crippen molar-refractivity contribution >= 4 is 29.2 Å². The molecule has 0 heterocycles. The highest BCUT2D eigenvalue weighted by Gasteiger charge is 2.36. The van der Waals surface area contributed by atoms with Crippen LogP contribution in [0.3, 0.4) is 0 Å². The minimum atomic E-state index is -1.60. The molecule has 0 spiro atoms. The van der Waals surface area contributed by atoms with Crippen molar-refractivity contribution in [2.75, 3.05) is 5.32 Å². The van der Waals surface area contributed by atoms with Gasteiger partial charge in [0.05, 0.1) is 0 Å². The van der Waals surface area contributed by atoms with Gasteiger partial charge in [0.25, 0.3) is 0 Å². The Morgan fingerprint density at radius 3 is 2.41 bits per heavy atom. The van der Waals surface area contributed by atoms with E-state index in [0.717, 1.165) is 12.1 Å². The summed E-state index contributed by atoms with van der Waals surface area (Å²) < 4.78 is 13.0. The first kappa shape index (κ1) is 13.4. The molecule has 1 aromatic rings. The fourth-order valence-corrected chi connectivity index (χ4v) is 1.23. The third kappa shape index (κ3) is 3.17. The van der Waals surface area contributed by atoms with E-state index < -0.39 is 23.1 Å². The predicted molar refractivity (Wildman–Crippen MR) is 61.5 cm³/mol. The molecule has 1 amide bonds. The van der Waals surface area contributed by atoms with Gasteiger partial charge in [-0.25, -0.2) is 4.39 Å². The Morgan fingerprint density at radius 1 is 1.35 bits per heavy atom. The monoisotopic (exact) mass is 259 g/mol. The van der Waals surface area contributed by atoms with Crippen LogP contribution in [0, 0.1) is 11.2 Å². The summed E-state index contributed by atoms with van der Waals surface area (Å²) in [7, 11) is 0. The maximum atomic E-state index is 13.0. The van der Waals surface area contributed by atoms with Crippen molar-refractivity contribution in [3.63, 3.8) is 0 Å². The van der Waals surface area contributed by atoms with Crippen LogP contribution >= 0.6 is 11.6 Å². The number of carboxylic acid groups (broad SMARTS) is 1. The van der Waals surface area contributed by atoms with Crippen molar-refractivity contribution < 1.29 is 19.1 Å². The molecule has 1 rings (SSSR count). The third-order valence-corrected chi connectivity index (χ3v) is 2.44. The molecule has 0 saturated carbocycles. The molecule has 0 aliphatic rings. The first-order valence-electron chi connectivity index (χ1n) is 4.74. The average molecular weight is 260 g/mol. The number of benzene rings is 1. The lowest BCUT2D eigenvalue weighted by Crippen LogP contribution is -2.37. The average Bonchev–Trinajstić information content (AvgIpc) is 2.15. The van der Waals surface area contributed by atoms with Crippen LogP contribution in [0.5, 0.6) is 0 Å². The van der Waals surface area contributed by atoms with Crippen LogP contribution in [0.25, 0.3) is 0 Å². The predicted octanol–water partition coefficient (Wildman–Crippen LogP) is 2.53. The number of rotatable bonds is 3. The van der Waals surface area contributed by atoms with Gasteiger partial charge in [-0.05, 0) is 32.0 Å². The van der Waals surface area contributed by atoms with Crippen LogP contribution in [-0.4, -0.2) is 17.0 Å². The molecular formula is C11H11ClFNO3. The lowest BCUT2D eigenvalue weighted by Gasteiger charge is -2.18. The maximum Gasteiger partial charge on any atom is 0.318 e. The van der Waals surface area contributed by atoms with E-state index in [0.29, 0.717) is 0 Å². The fraction of sp³-hybridized carbons (Fsp3) is 0.273. The summed E-state index contributed by atoms with van der Waals surface area (Å²) in [4.78, 5) is 22.5. The number of nitrogens with one attached hydrogen (secondary N) is 1. The maximum absolute atomic E-state index is 13.0. The zero-order valence-electron chi connectivity index (χ0n) is 9.25. The largest absolute Gasteiger partial charge is 0.480 e. The Hall–Kier alpha value is -1.62. The lowest BCUT2D eigenvalue weighted by atomic mass is 9.92. The zero-order valence-corrected chi connectivity index (χ0v) is 10.0. The van der Waals surface area contributed by atoms with E-state index in [9.17, 15) is 14.0 Å². The Bertz CT molecular complexity index is 454. The molecule has 0 radical (unpaired) electrons. The van der Waals surface area contributed by atoms with Crippen LogP contribution < -0.4 is 5.32 Å². The van der Waals surface area contributed by atoms with Crippen LogP contribution in [0.1, 0.15) is 13.8 Å². The fourth-order valence-electron chi connectivity index (χ4n) is 1.01. The smallest absolute Gasteiger partial charge is 0.318 e. The van der Waals surface area contributed by atoms with Gasteiger partial charge in [0.2, 0.25) is 5.91 Å². The van der Waals surface area contributed by atoms with Gasteiger partial charge in [0, 0.05) is 10.7 Å². The second-order valence-corrected chi connectivity index (χ2v) is 4.48. The number of hydrogen-bond donors (Lipinski definition) is 2. The topological polar surface area (TPSA) is 66.4 Å². The molecular weight excluding hydrogens is 249 g/mol. The Labute approximate surface area is 102 Å². The first-order chi connectivity index (χ1) is 7.73. The molecule has 0 aromatic heterocycles. The van der Waals surface area contributed by atoms with Crippen LogP contribution in [0.2, 0.25) is 5.02 Å². The van der Waals surface area contributed by atoms with Gasteiger partial charge in [-0.1, -0.05) is 11.6 Å². The molecule has 17 heavy (non-hydrogen) atoms. The van der Waals surface area contributed by atoms with Crippen molar-refractivity contribution in [2.24, 2.45) is 5.41 Å². The number of halogens is 2. The van der Waals surface area contributed by atoms with Gasteiger partial charge in [-0.2, -0.15) is 0 Å². The molecule has 0 unspecified atom stereocenters. The summed E-state index contributed by atoms with van der Waals surface area (Å²) in [6.45, 7) is 2.51. The minimum Gasteiger partial charge on any atom is -0.480 e. The molecule has 1 aromatic carbocycles. The molecule has 0 aliphatic carbocycles. The molecule has 0 saturated heterocycles. The third-order valence-electron chi connectivity index (χ3n) is 2.22. The summed E-state index contributed by atoms with van der Waals surface area (Å²) in [5, 5.41) is 11.3. The lowest BCUT2D eigenvalue weighted by molar-refractivity contribution is -0.151. The van der Waals surface area contributed by atoms with Crippen molar-refractivity contribution in [3.8, 4) is 0 Å². The molecule has 0 atom stereocenters. The van der Waals surface area contributed by atoms with Crippen molar-refractivity contribution in [1.29, 1.82) is 0 Å². The number of anilines is 1. The van der Waals surface area contributed by atoms with E-state index in [4.69, 9.17) is 16.7 Å². The van der Waals surface area contributed by atoms with Gasteiger partial charge in [-0.3, -0.25) is 9.59 Å². The highest BCUT2D eigenvalue weighted by atomic mass is 35.5. The Kier molecular flexibility index (Phi) is 3.72. The molecule has 0 aliphatic heterocycles. The summed E-state index contributed by atoms with van der Waals surface area (Å²) in [6.07, 6.45) is 0. The van der Waals surface area contributed by atoms with E-state index >= 15 is 0 Å². The number of carboxylic acids is 1. The summed E-state index contributed by atoms with van der Waals surface area (Å²) in [5.74, 6) is -2.62. The van der Waals surface area contributed by atoms with Crippen molar-refractivity contribution in [1.82, 2.24) is 0 Å². The molecule has 2 N–H and O–H groups in total. The van der Waals surface area contributed by atoms with Crippen LogP contribution in [0.4, 0.5) is 10.1 Å². The van der Waals surface area contributed by atoms with Crippen molar-refractivity contribution in [3.05, 3.63) is 29.0 Å². The molecule has 4 nitrogen and oxygen atoms in total. The standard InChI is InChI=1S/C11H11ClFNO3/c1-11(2,10(16)17)9(15)14-8-4-6(12)3-7(13)5-8/h3-5H,1-2H3,(H,14,15)(H,16,17). The van der Waals surface area contributed by atoms with Gasteiger partial charge in [-0.15, -0.1) is 0 Å². The quantitative estimate of drug-likeness (QED) is 0.820. The van der Waals surface area contributed by atoms with Gasteiger partial charge in [0.15, 0.2) is 0 Å². The number of carbonyl (C=O) groups excluding carboxylic acids is 1. The van der Waals surface area contributed by atoms with Gasteiger partial charge >= 0.3 is 5.97 Å². The summed E-state index contributed by atoms with van der Waals surface area (Å²) in [5.41, 5.74) is -1.48. The highest BCUT2D eigenvalue weighted by Crippen LogP contribution is 2.22. The Balaban J connectivity index is 2.92. The molecule has 0 fully saturated rings. The van der Waals surface area contributed by atoms with E-state index in [-0.39, 0.29) is 10.7 Å². The number of hydrogen-bond acceptors (Lipinski definition) is 2. The van der Waals surface area contributed by atoms with E-state index in [1.54, 1.807) is 0 Å². The van der Waals surface area contributed by atoms with Gasteiger partial charge < -0.3 is 10.4 Å². The Morgan fingerprint density at radius 2 is 1.94 bits per heavy atom. The SMILES string of the molecule is CC(C)(C(=O)O)C(=O)Nc1cc(F)cc(Cl)c1. The zero-order chi connectivity index (χ0) is 13.2. The molecule has 92 valence electrons. The minimum absolute atomic E-state index is 0.119. The second kappa shape index (κ2) is 4.71. The summed E-state index contributed by atoms with van der Waals surface area (Å²) in [6, 6.07) is 3.47. The second-order valence-electron chi connectivity index (χ2n) is 4.04. The number of aliphatic carboxylic acids is 1. The van der Waals surface area contributed by atoms with E-state index in [2.05, 4.69) is 5.32 Å². The van der Waals surface area contributed by atoms with Crippen molar-refractivity contribution in [2.45, 2.75) is 13.8 Å². The molecule has 6 heteroatoms. The highest BCUT2D eigenvalue weighted by molar-refractivity contribution is 6.31. The number of amides is 1. The van der Waals surface area contributed by atoms with Crippen LogP contribution in [-0.2, 0) is 9.59 Å². The summed E-state index contributed by atoms with van der Waals surface area (Å²) >= 11 is 5.60. The first-order valence-corrected chi connectivity index (χ1v) is 5.12. The number of carbonyl (C=O) groups is 2. The van der Waals surface area contributed by atoms with Crippen LogP contribution in [0.15, 0.2) is 18.2 Å². The van der Waals surface area contributed by atoms with E-state index in [1.165, 1.54) is 19.9 Å². The van der Waals surface area contributed by atoms with E-state index in [1.807, 2.05) is 0 Å². The normalized spacial score (nSPS) is 11.1. The van der Waals surface area contributed by atoms with Gasteiger partial charge in [0.1, 0.15) is 11.2 Å².